The lowest BCUT2D eigenvalue weighted by atomic mass is 10.0. The van der Waals surface area contributed by atoms with Gasteiger partial charge in [-0.1, -0.05) is 24.3 Å². The predicted molar refractivity (Wildman–Crippen MR) is 124 cm³/mol. The van der Waals surface area contributed by atoms with E-state index in [4.69, 9.17) is 0 Å². The van der Waals surface area contributed by atoms with Crippen molar-refractivity contribution in [3.8, 4) is 28.7 Å². The van der Waals surface area contributed by atoms with Gasteiger partial charge >= 0.3 is 0 Å². The molecule has 0 bridgehead atoms. The number of aromatic hydroxyl groups is 5. The molecule has 0 fully saturated rings. The summed E-state index contributed by atoms with van der Waals surface area (Å²) in [5.41, 5.74) is 1.72. The summed E-state index contributed by atoms with van der Waals surface area (Å²) in [4.78, 5) is 25.4. The Morgan fingerprint density at radius 1 is 0.765 bits per heavy atom. The Hall–Kier alpha value is -4.66. The first kappa shape index (κ1) is 24.0. The second kappa shape index (κ2) is 10.8. The zero-order valence-corrected chi connectivity index (χ0v) is 18.0. The number of benzene rings is 3. The molecule has 9 heteroatoms. The van der Waals surface area contributed by atoms with E-state index in [0.717, 1.165) is 0 Å². The van der Waals surface area contributed by atoms with Crippen LogP contribution in [0.25, 0.3) is 6.08 Å². The molecular weight excluding hydrogens is 440 g/mol. The molecule has 0 aromatic heterocycles. The number of carbonyl (C=O) groups excluding carboxylic acids is 2. The maximum atomic E-state index is 12.9. The van der Waals surface area contributed by atoms with E-state index in [0.29, 0.717) is 16.7 Å². The lowest BCUT2D eigenvalue weighted by Crippen LogP contribution is -2.47. The summed E-state index contributed by atoms with van der Waals surface area (Å²) in [6, 6.07) is 13.5. The first-order chi connectivity index (χ1) is 16.2. The van der Waals surface area contributed by atoms with Gasteiger partial charge in [0.15, 0.2) is 23.0 Å². The summed E-state index contributed by atoms with van der Waals surface area (Å²) < 4.78 is 0. The smallest absolute Gasteiger partial charge is 0.244 e. The highest BCUT2D eigenvalue weighted by atomic mass is 16.3. The third kappa shape index (κ3) is 6.67. The number of nitrogens with one attached hydrogen (secondary N) is 2. The van der Waals surface area contributed by atoms with E-state index >= 15 is 0 Å². The first-order valence-corrected chi connectivity index (χ1v) is 10.3. The lowest BCUT2D eigenvalue weighted by Gasteiger charge is -2.18. The fraction of sp³-hybridized carbons (Fsp3) is 0.120. The zero-order valence-electron chi connectivity index (χ0n) is 18.0. The van der Waals surface area contributed by atoms with E-state index < -0.39 is 17.9 Å². The molecule has 34 heavy (non-hydrogen) atoms. The first-order valence-electron chi connectivity index (χ1n) is 10.3. The zero-order chi connectivity index (χ0) is 24.7. The van der Waals surface area contributed by atoms with Gasteiger partial charge in [0.2, 0.25) is 11.8 Å². The van der Waals surface area contributed by atoms with Crippen molar-refractivity contribution in [3.05, 3.63) is 83.4 Å². The number of phenolic OH excluding ortho intramolecular Hbond substituents is 5. The highest BCUT2D eigenvalue weighted by Gasteiger charge is 2.20. The molecule has 3 aromatic carbocycles. The summed E-state index contributed by atoms with van der Waals surface area (Å²) in [6.07, 6.45) is 2.76. The Balaban J connectivity index is 1.70. The molecule has 0 aliphatic carbocycles. The molecule has 0 saturated heterocycles. The van der Waals surface area contributed by atoms with Gasteiger partial charge in [-0.25, -0.2) is 0 Å². The standard InChI is InChI=1S/C25H24N2O7/c28-18-6-1-15(2-7-18)11-19(25(34)26-14-17-4-9-21(30)23(32)13-17)27-24(33)10-5-16-3-8-20(29)22(31)12-16/h1-10,12-13,19,28-32H,11,14H2,(H,26,34)(H,27,33)/b10-5+. The van der Waals surface area contributed by atoms with Gasteiger partial charge in [0, 0.05) is 19.0 Å². The molecule has 0 spiro atoms. The molecule has 7 N–H and O–H groups in total. The molecule has 1 atom stereocenters. The molecule has 2 amide bonds. The monoisotopic (exact) mass is 464 g/mol. The van der Waals surface area contributed by atoms with Crippen LogP contribution >= 0.6 is 0 Å². The van der Waals surface area contributed by atoms with Crippen molar-refractivity contribution in [3.63, 3.8) is 0 Å². The Bertz CT molecular complexity index is 1210. The van der Waals surface area contributed by atoms with Crippen LogP contribution in [0.2, 0.25) is 0 Å². The molecule has 0 aliphatic rings. The minimum atomic E-state index is -0.958. The summed E-state index contributed by atoms with van der Waals surface area (Å²) in [5.74, 6) is -2.17. The quantitative estimate of drug-likeness (QED) is 0.199. The van der Waals surface area contributed by atoms with Crippen LogP contribution in [0.1, 0.15) is 16.7 Å². The van der Waals surface area contributed by atoms with Crippen LogP contribution in [0.15, 0.2) is 66.7 Å². The fourth-order valence-electron chi connectivity index (χ4n) is 3.10. The van der Waals surface area contributed by atoms with Gasteiger partial charge in [0.05, 0.1) is 0 Å². The maximum Gasteiger partial charge on any atom is 0.244 e. The van der Waals surface area contributed by atoms with Gasteiger partial charge < -0.3 is 36.2 Å². The van der Waals surface area contributed by atoms with Crippen molar-refractivity contribution in [1.29, 1.82) is 0 Å². The second-order valence-electron chi connectivity index (χ2n) is 7.55. The van der Waals surface area contributed by atoms with Crippen LogP contribution in [0, 0.1) is 0 Å². The predicted octanol–water partition coefficient (Wildman–Crippen LogP) is 2.27. The number of rotatable bonds is 8. The van der Waals surface area contributed by atoms with Crippen molar-refractivity contribution in [2.24, 2.45) is 0 Å². The summed E-state index contributed by atoms with van der Waals surface area (Å²) >= 11 is 0. The summed E-state index contributed by atoms with van der Waals surface area (Å²) in [7, 11) is 0. The van der Waals surface area contributed by atoms with E-state index in [2.05, 4.69) is 10.6 Å². The van der Waals surface area contributed by atoms with Crippen LogP contribution in [0.3, 0.4) is 0 Å². The number of hydrogen-bond donors (Lipinski definition) is 7. The van der Waals surface area contributed by atoms with Gasteiger partial charge in [-0.15, -0.1) is 0 Å². The van der Waals surface area contributed by atoms with Crippen LogP contribution in [0.4, 0.5) is 0 Å². The van der Waals surface area contributed by atoms with E-state index in [-0.39, 0.29) is 41.7 Å². The lowest BCUT2D eigenvalue weighted by molar-refractivity contribution is -0.127. The minimum absolute atomic E-state index is 0.0528. The van der Waals surface area contributed by atoms with Gasteiger partial charge in [0.1, 0.15) is 11.8 Å². The van der Waals surface area contributed by atoms with Crippen LogP contribution in [-0.2, 0) is 22.6 Å². The average molecular weight is 464 g/mol. The topological polar surface area (TPSA) is 159 Å². The number of carbonyl (C=O) groups is 2. The van der Waals surface area contributed by atoms with Crippen molar-refractivity contribution < 1.29 is 35.1 Å². The van der Waals surface area contributed by atoms with Crippen LogP contribution < -0.4 is 10.6 Å². The molecule has 3 rings (SSSR count). The van der Waals surface area contributed by atoms with Crippen LogP contribution in [0.5, 0.6) is 28.7 Å². The molecule has 0 aliphatic heterocycles. The number of hydrogen-bond acceptors (Lipinski definition) is 7. The van der Waals surface area contributed by atoms with Gasteiger partial charge in [0.25, 0.3) is 0 Å². The molecule has 0 heterocycles. The Labute approximate surface area is 195 Å². The van der Waals surface area contributed by atoms with E-state index in [1.807, 2.05) is 0 Å². The minimum Gasteiger partial charge on any atom is -0.508 e. The van der Waals surface area contributed by atoms with Crippen molar-refractivity contribution >= 4 is 17.9 Å². The highest BCUT2D eigenvalue weighted by molar-refractivity contribution is 5.95. The highest BCUT2D eigenvalue weighted by Crippen LogP contribution is 2.26. The SMILES string of the molecule is O=C(/C=C/c1ccc(O)c(O)c1)NC(Cc1ccc(O)cc1)C(=O)NCc1ccc(O)c(O)c1. The van der Waals surface area contributed by atoms with Gasteiger partial charge in [-0.2, -0.15) is 0 Å². The normalized spacial score (nSPS) is 11.8. The Morgan fingerprint density at radius 2 is 1.38 bits per heavy atom. The maximum absolute atomic E-state index is 12.9. The van der Waals surface area contributed by atoms with Crippen molar-refractivity contribution in [1.82, 2.24) is 10.6 Å². The van der Waals surface area contributed by atoms with Crippen molar-refractivity contribution in [2.45, 2.75) is 19.0 Å². The molecule has 0 saturated carbocycles. The number of phenols is 5. The molecule has 0 radical (unpaired) electrons. The van der Waals surface area contributed by atoms with E-state index in [1.54, 1.807) is 18.2 Å². The van der Waals surface area contributed by atoms with Gasteiger partial charge in [-0.05, 0) is 59.2 Å². The Kier molecular flexibility index (Phi) is 7.60. The Morgan fingerprint density at radius 3 is 2.03 bits per heavy atom. The fourth-order valence-corrected chi connectivity index (χ4v) is 3.10. The second-order valence-corrected chi connectivity index (χ2v) is 7.55. The third-order valence-electron chi connectivity index (χ3n) is 4.94. The molecule has 9 nitrogen and oxygen atoms in total. The van der Waals surface area contributed by atoms with E-state index in [9.17, 15) is 35.1 Å². The summed E-state index contributed by atoms with van der Waals surface area (Å²) in [6.45, 7) is 0.0528. The average Bonchev–Trinajstić information content (AvgIpc) is 2.81. The van der Waals surface area contributed by atoms with E-state index in [1.165, 1.54) is 54.6 Å². The molecular formula is C25H24N2O7. The molecule has 1 unspecified atom stereocenters. The summed E-state index contributed by atoms with van der Waals surface area (Å²) in [5, 5.41) is 52.8. The number of amides is 2. The molecule has 176 valence electrons. The van der Waals surface area contributed by atoms with Crippen molar-refractivity contribution in [2.75, 3.05) is 0 Å². The molecule has 3 aromatic rings. The third-order valence-corrected chi connectivity index (χ3v) is 4.94. The largest absolute Gasteiger partial charge is 0.508 e. The van der Waals surface area contributed by atoms with Gasteiger partial charge in [-0.3, -0.25) is 9.59 Å². The van der Waals surface area contributed by atoms with Crippen LogP contribution in [-0.4, -0.2) is 43.4 Å².